The number of halogens is 5. The number of rotatable bonds is 4. The summed E-state index contributed by atoms with van der Waals surface area (Å²) in [5.74, 6) is -0.875. The fourth-order valence-corrected chi connectivity index (χ4v) is 4.41. The average molecular weight is 518 g/mol. The van der Waals surface area contributed by atoms with Crippen molar-refractivity contribution in [3.05, 3.63) is 82.0 Å². The highest BCUT2D eigenvalue weighted by Gasteiger charge is 2.32. The summed E-state index contributed by atoms with van der Waals surface area (Å²) < 4.78 is 63.9. The fraction of sp³-hybridized carbons (Fsp3) is 0.0500. The summed E-state index contributed by atoms with van der Waals surface area (Å²) in [5.41, 5.74) is -1.23. The van der Waals surface area contributed by atoms with Crippen LogP contribution in [0.25, 0.3) is 0 Å². The van der Waals surface area contributed by atoms with Crippen molar-refractivity contribution in [2.75, 3.05) is 5.32 Å². The molecule has 0 saturated carbocycles. The van der Waals surface area contributed by atoms with Crippen LogP contribution >= 0.6 is 23.2 Å². The van der Waals surface area contributed by atoms with E-state index >= 15 is 0 Å². The zero-order chi connectivity index (χ0) is 24.4. The lowest BCUT2D eigenvalue weighted by Crippen LogP contribution is -2.34. The minimum atomic E-state index is -4.72. The van der Waals surface area contributed by atoms with Crippen LogP contribution in [-0.4, -0.2) is 25.3 Å². The first-order valence-corrected chi connectivity index (χ1v) is 11.1. The number of carbonyl (C=O) groups excluding carboxylic acids is 2. The van der Waals surface area contributed by atoms with Gasteiger partial charge < -0.3 is 5.32 Å². The van der Waals surface area contributed by atoms with Crippen LogP contribution in [0.1, 0.15) is 15.9 Å². The summed E-state index contributed by atoms with van der Waals surface area (Å²) in [6.07, 6.45) is -3.75. The Hall–Kier alpha value is -3.15. The van der Waals surface area contributed by atoms with E-state index in [1.807, 2.05) is 5.32 Å². The molecule has 0 radical (unpaired) electrons. The molecular weight excluding hydrogens is 506 g/mol. The van der Waals surface area contributed by atoms with Crippen molar-refractivity contribution < 1.29 is 31.2 Å². The first kappa shape index (κ1) is 24.5. The van der Waals surface area contributed by atoms with Gasteiger partial charge in [0.05, 0.1) is 38.0 Å². The Kier molecular flexibility index (Phi) is 6.96. The molecule has 13 heteroatoms. The maximum atomic E-state index is 12.9. The molecule has 0 bridgehead atoms. The van der Waals surface area contributed by atoms with Crippen LogP contribution in [0, 0.1) is 0 Å². The van der Waals surface area contributed by atoms with Crippen LogP contribution < -0.4 is 10.6 Å². The second-order valence-corrected chi connectivity index (χ2v) is 9.13. The Labute approximate surface area is 195 Å². The molecule has 0 atom stereocenters. The summed E-state index contributed by atoms with van der Waals surface area (Å²) in [7, 11) is -4.35. The first-order chi connectivity index (χ1) is 15.4. The minimum absolute atomic E-state index is 0.00791. The molecule has 1 aromatic heterocycles. The van der Waals surface area contributed by atoms with E-state index in [1.165, 1.54) is 18.2 Å². The number of pyridine rings is 1. The predicted molar refractivity (Wildman–Crippen MR) is 114 cm³/mol. The standard InChI is InChI=1S/C20H12Cl2F3N3O4S/c21-14-5-2-6-15(22)17(14)18(29)28-19(30)27-12-7-8-16(26-10-12)33(31,32)13-4-1-3-11(9-13)20(23,24)25/h1-10H,(H2,27,28,29,30). The molecule has 33 heavy (non-hydrogen) atoms. The summed E-state index contributed by atoms with van der Waals surface area (Å²) in [6, 6.07) is 8.74. The third-order valence-corrected chi connectivity index (χ3v) is 6.45. The number of benzene rings is 2. The zero-order valence-corrected chi connectivity index (χ0v) is 18.5. The molecule has 0 aliphatic carbocycles. The number of sulfone groups is 1. The smallest absolute Gasteiger partial charge is 0.306 e. The van der Waals surface area contributed by atoms with Crippen LogP contribution in [0.15, 0.2) is 70.7 Å². The molecule has 3 aromatic rings. The lowest BCUT2D eigenvalue weighted by molar-refractivity contribution is -0.137. The van der Waals surface area contributed by atoms with E-state index in [0.717, 1.165) is 36.5 Å². The molecule has 0 aliphatic heterocycles. The molecule has 3 amide bonds. The summed E-state index contributed by atoms with van der Waals surface area (Å²) in [6.45, 7) is 0. The maximum Gasteiger partial charge on any atom is 0.416 e. The first-order valence-electron chi connectivity index (χ1n) is 8.84. The summed E-state index contributed by atoms with van der Waals surface area (Å²) in [4.78, 5) is 27.4. The molecule has 0 aliphatic rings. The lowest BCUT2D eigenvalue weighted by Gasteiger charge is -2.10. The van der Waals surface area contributed by atoms with Gasteiger partial charge >= 0.3 is 12.2 Å². The van der Waals surface area contributed by atoms with E-state index in [0.29, 0.717) is 6.07 Å². The topological polar surface area (TPSA) is 105 Å². The van der Waals surface area contributed by atoms with Crippen LogP contribution in [0.3, 0.4) is 0 Å². The molecule has 2 aromatic carbocycles. The Morgan fingerprint density at radius 1 is 0.939 bits per heavy atom. The normalized spacial score (nSPS) is 11.7. The van der Waals surface area contributed by atoms with Gasteiger partial charge in [-0.05, 0) is 42.5 Å². The number of alkyl halides is 3. The number of nitrogens with one attached hydrogen (secondary N) is 2. The highest BCUT2D eigenvalue weighted by atomic mass is 35.5. The lowest BCUT2D eigenvalue weighted by atomic mass is 10.2. The van der Waals surface area contributed by atoms with Crippen molar-refractivity contribution in [1.82, 2.24) is 10.3 Å². The molecule has 172 valence electrons. The largest absolute Gasteiger partial charge is 0.416 e. The van der Waals surface area contributed by atoms with Crippen molar-refractivity contribution in [3.63, 3.8) is 0 Å². The van der Waals surface area contributed by atoms with Crippen LogP contribution in [0.2, 0.25) is 10.0 Å². The van der Waals surface area contributed by atoms with Gasteiger partial charge in [-0.1, -0.05) is 35.3 Å². The molecule has 3 rings (SSSR count). The molecule has 1 heterocycles. The number of imide groups is 1. The quantitative estimate of drug-likeness (QED) is 0.494. The van der Waals surface area contributed by atoms with E-state index in [-0.39, 0.29) is 21.3 Å². The SMILES string of the molecule is O=C(NC(=O)c1c(Cl)cccc1Cl)Nc1ccc(S(=O)(=O)c2cccc(C(F)(F)F)c2)nc1. The van der Waals surface area contributed by atoms with Gasteiger partial charge in [0.25, 0.3) is 5.91 Å². The second kappa shape index (κ2) is 9.38. The number of carbonyl (C=O) groups is 2. The Bertz CT molecular complexity index is 1310. The number of urea groups is 1. The van der Waals surface area contributed by atoms with Crippen LogP contribution in [0.4, 0.5) is 23.7 Å². The number of hydrogen-bond donors (Lipinski definition) is 2. The van der Waals surface area contributed by atoms with Gasteiger partial charge in [-0.15, -0.1) is 0 Å². The number of aromatic nitrogens is 1. The van der Waals surface area contributed by atoms with Crippen LogP contribution in [-0.2, 0) is 16.0 Å². The Balaban J connectivity index is 1.74. The molecule has 2 N–H and O–H groups in total. The van der Waals surface area contributed by atoms with Crippen LogP contribution in [0.5, 0.6) is 0 Å². The highest BCUT2D eigenvalue weighted by Crippen LogP contribution is 2.31. The maximum absolute atomic E-state index is 12.9. The number of amides is 3. The Morgan fingerprint density at radius 2 is 1.58 bits per heavy atom. The minimum Gasteiger partial charge on any atom is -0.306 e. The Morgan fingerprint density at radius 3 is 2.15 bits per heavy atom. The van der Waals surface area contributed by atoms with Gasteiger partial charge in [0.15, 0.2) is 5.03 Å². The third kappa shape index (κ3) is 5.62. The van der Waals surface area contributed by atoms with E-state index < -0.39 is 43.4 Å². The van der Waals surface area contributed by atoms with Crippen molar-refractivity contribution >= 4 is 50.7 Å². The number of anilines is 1. The number of nitrogens with zero attached hydrogens (tertiary/aromatic N) is 1. The van der Waals surface area contributed by atoms with Crippen molar-refractivity contribution in [2.24, 2.45) is 0 Å². The molecule has 7 nitrogen and oxygen atoms in total. The van der Waals surface area contributed by atoms with E-state index in [4.69, 9.17) is 23.2 Å². The molecular formula is C20H12Cl2F3N3O4S. The van der Waals surface area contributed by atoms with Crippen molar-refractivity contribution in [3.8, 4) is 0 Å². The molecule has 0 unspecified atom stereocenters. The molecule has 0 spiro atoms. The van der Waals surface area contributed by atoms with Gasteiger partial charge in [0.2, 0.25) is 9.84 Å². The zero-order valence-electron chi connectivity index (χ0n) is 16.2. The summed E-state index contributed by atoms with van der Waals surface area (Å²) in [5, 5.41) is 3.79. The average Bonchev–Trinajstić information content (AvgIpc) is 2.73. The molecule has 0 fully saturated rings. The van der Waals surface area contributed by atoms with Gasteiger partial charge in [0, 0.05) is 0 Å². The third-order valence-electron chi connectivity index (χ3n) is 4.16. The second-order valence-electron chi connectivity index (χ2n) is 6.42. The van der Waals surface area contributed by atoms with Gasteiger partial charge in [-0.2, -0.15) is 13.2 Å². The van der Waals surface area contributed by atoms with E-state index in [9.17, 15) is 31.2 Å². The van der Waals surface area contributed by atoms with Gasteiger partial charge in [0.1, 0.15) is 0 Å². The molecule has 0 saturated heterocycles. The van der Waals surface area contributed by atoms with E-state index in [1.54, 1.807) is 0 Å². The fourth-order valence-electron chi connectivity index (χ4n) is 2.62. The van der Waals surface area contributed by atoms with Gasteiger partial charge in [-0.25, -0.2) is 18.2 Å². The van der Waals surface area contributed by atoms with E-state index in [2.05, 4.69) is 10.3 Å². The van der Waals surface area contributed by atoms with Crippen molar-refractivity contribution in [2.45, 2.75) is 16.1 Å². The highest BCUT2D eigenvalue weighted by molar-refractivity contribution is 7.91. The van der Waals surface area contributed by atoms with Crippen molar-refractivity contribution in [1.29, 1.82) is 0 Å². The van der Waals surface area contributed by atoms with Gasteiger partial charge in [-0.3, -0.25) is 10.1 Å². The summed E-state index contributed by atoms with van der Waals surface area (Å²) >= 11 is 11.8. The predicted octanol–water partition coefficient (Wildman–Crippen LogP) is 5.20. The number of hydrogen-bond acceptors (Lipinski definition) is 5. The monoisotopic (exact) mass is 517 g/mol.